The van der Waals surface area contributed by atoms with E-state index in [0.717, 1.165) is 45.0 Å². The maximum absolute atomic E-state index is 5.81. The second kappa shape index (κ2) is 6.64. The second-order valence-corrected chi connectivity index (χ2v) is 5.27. The first-order valence-electron chi connectivity index (χ1n) is 6.94. The van der Waals surface area contributed by atoms with E-state index < -0.39 is 0 Å². The summed E-state index contributed by atoms with van der Waals surface area (Å²) < 4.78 is 5.81. The molecule has 1 aromatic carbocycles. The molecule has 2 rings (SSSR count). The Balaban J connectivity index is 1.91. The summed E-state index contributed by atoms with van der Waals surface area (Å²) in [5, 5.41) is 3.37. The summed E-state index contributed by atoms with van der Waals surface area (Å²) in [6, 6.07) is 8.46. The third-order valence-corrected chi connectivity index (χ3v) is 3.26. The summed E-state index contributed by atoms with van der Waals surface area (Å²) in [6.45, 7) is 9.55. The molecule has 0 bridgehead atoms. The maximum Gasteiger partial charge on any atom is 0.121 e. The van der Waals surface area contributed by atoms with Gasteiger partial charge in [-0.2, -0.15) is 0 Å². The highest BCUT2D eigenvalue weighted by Gasteiger charge is 2.10. The van der Waals surface area contributed by atoms with E-state index in [4.69, 9.17) is 4.74 Å². The van der Waals surface area contributed by atoms with Crippen LogP contribution in [0.15, 0.2) is 24.3 Å². The Labute approximate surface area is 110 Å². The molecule has 0 unspecified atom stereocenters. The van der Waals surface area contributed by atoms with Gasteiger partial charge < -0.3 is 15.0 Å². The van der Waals surface area contributed by atoms with Gasteiger partial charge in [-0.15, -0.1) is 0 Å². The molecule has 3 heteroatoms. The summed E-state index contributed by atoms with van der Waals surface area (Å²) in [4.78, 5) is 2.41. The highest BCUT2D eigenvalue weighted by atomic mass is 16.5. The Morgan fingerprint density at radius 3 is 2.78 bits per heavy atom. The van der Waals surface area contributed by atoms with E-state index in [1.54, 1.807) is 0 Å². The van der Waals surface area contributed by atoms with E-state index in [9.17, 15) is 0 Å². The Kier molecular flexibility index (Phi) is 4.88. The van der Waals surface area contributed by atoms with Crippen molar-refractivity contribution >= 4 is 5.69 Å². The van der Waals surface area contributed by atoms with Crippen LogP contribution in [0, 0.1) is 5.92 Å². The minimum Gasteiger partial charge on any atom is -0.494 e. The van der Waals surface area contributed by atoms with Gasteiger partial charge in [-0.05, 0) is 24.5 Å². The fourth-order valence-corrected chi connectivity index (χ4v) is 2.11. The molecule has 18 heavy (non-hydrogen) atoms. The van der Waals surface area contributed by atoms with Crippen molar-refractivity contribution in [2.24, 2.45) is 5.92 Å². The molecule has 3 nitrogen and oxygen atoms in total. The van der Waals surface area contributed by atoms with Gasteiger partial charge in [-0.25, -0.2) is 0 Å². The minimum atomic E-state index is 0.696. The van der Waals surface area contributed by atoms with Crippen LogP contribution in [-0.2, 0) is 0 Å². The normalized spacial score (nSPS) is 16.1. The smallest absolute Gasteiger partial charge is 0.121 e. The first kappa shape index (κ1) is 13.2. The van der Waals surface area contributed by atoms with Gasteiger partial charge in [0.1, 0.15) is 5.75 Å². The molecule has 1 aliphatic rings. The molecule has 0 saturated carbocycles. The zero-order valence-electron chi connectivity index (χ0n) is 11.5. The van der Waals surface area contributed by atoms with Crippen molar-refractivity contribution < 1.29 is 4.74 Å². The quantitative estimate of drug-likeness (QED) is 0.866. The van der Waals surface area contributed by atoms with Crippen LogP contribution in [0.25, 0.3) is 0 Å². The molecular formula is C15H24N2O. The van der Waals surface area contributed by atoms with Crippen molar-refractivity contribution in [1.82, 2.24) is 5.32 Å². The SMILES string of the molecule is CC(C)CCOc1cccc(N2CCNCC2)c1. The predicted octanol–water partition coefficient (Wildman–Crippen LogP) is 2.52. The summed E-state index contributed by atoms with van der Waals surface area (Å²) in [6.07, 6.45) is 1.11. The number of hydrogen-bond acceptors (Lipinski definition) is 3. The molecule has 1 saturated heterocycles. The number of nitrogens with zero attached hydrogens (tertiary/aromatic N) is 1. The third-order valence-electron chi connectivity index (χ3n) is 3.26. The van der Waals surface area contributed by atoms with Crippen molar-refractivity contribution in [3.63, 3.8) is 0 Å². The molecule has 0 atom stereocenters. The van der Waals surface area contributed by atoms with Gasteiger partial charge in [0.25, 0.3) is 0 Å². The molecule has 1 heterocycles. The average molecular weight is 248 g/mol. The molecule has 0 amide bonds. The third kappa shape index (κ3) is 3.91. The number of nitrogens with one attached hydrogen (secondary N) is 1. The van der Waals surface area contributed by atoms with Crippen LogP contribution in [0.2, 0.25) is 0 Å². The van der Waals surface area contributed by atoms with E-state index in [1.807, 2.05) is 6.07 Å². The van der Waals surface area contributed by atoms with Gasteiger partial charge in [0.2, 0.25) is 0 Å². The van der Waals surface area contributed by atoms with Crippen molar-refractivity contribution in [3.8, 4) is 5.75 Å². The minimum absolute atomic E-state index is 0.696. The number of ether oxygens (including phenoxy) is 1. The van der Waals surface area contributed by atoms with E-state index in [2.05, 4.69) is 42.3 Å². The van der Waals surface area contributed by atoms with Crippen molar-refractivity contribution in [3.05, 3.63) is 24.3 Å². The zero-order valence-corrected chi connectivity index (χ0v) is 11.5. The molecule has 1 N–H and O–H groups in total. The van der Waals surface area contributed by atoms with Crippen molar-refractivity contribution in [1.29, 1.82) is 0 Å². The highest BCUT2D eigenvalue weighted by Crippen LogP contribution is 2.21. The fraction of sp³-hybridized carbons (Fsp3) is 0.600. The molecule has 1 aromatic rings. The molecule has 0 spiro atoms. The van der Waals surface area contributed by atoms with E-state index in [1.165, 1.54) is 5.69 Å². The van der Waals surface area contributed by atoms with Gasteiger partial charge >= 0.3 is 0 Å². The maximum atomic E-state index is 5.81. The largest absolute Gasteiger partial charge is 0.494 e. The van der Waals surface area contributed by atoms with Crippen LogP contribution >= 0.6 is 0 Å². The predicted molar refractivity (Wildman–Crippen MR) is 76.5 cm³/mol. The topological polar surface area (TPSA) is 24.5 Å². The zero-order chi connectivity index (χ0) is 12.8. The molecular weight excluding hydrogens is 224 g/mol. The molecule has 0 aliphatic carbocycles. The van der Waals surface area contributed by atoms with Crippen LogP contribution in [0.4, 0.5) is 5.69 Å². The molecule has 1 aliphatic heterocycles. The summed E-state index contributed by atoms with van der Waals surface area (Å²) >= 11 is 0. The van der Waals surface area contributed by atoms with Crippen molar-refractivity contribution in [2.45, 2.75) is 20.3 Å². The summed E-state index contributed by atoms with van der Waals surface area (Å²) in [7, 11) is 0. The first-order valence-corrected chi connectivity index (χ1v) is 6.94. The van der Waals surface area contributed by atoms with Crippen LogP contribution in [0.1, 0.15) is 20.3 Å². The number of anilines is 1. The monoisotopic (exact) mass is 248 g/mol. The standard InChI is InChI=1S/C15H24N2O/c1-13(2)6-11-18-15-5-3-4-14(12-15)17-9-7-16-8-10-17/h3-5,12-13,16H,6-11H2,1-2H3. The lowest BCUT2D eigenvalue weighted by Gasteiger charge is -2.29. The van der Waals surface area contributed by atoms with Crippen LogP contribution in [0.3, 0.4) is 0 Å². The highest BCUT2D eigenvalue weighted by molar-refractivity contribution is 5.51. The van der Waals surface area contributed by atoms with Crippen LogP contribution in [-0.4, -0.2) is 32.8 Å². The lowest BCUT2D eigenvalue weighted by atomic mass is 10.1. The molecule has 0 aromatic heterocycles. The molecule has 100 valence electrons. The number of benzene rings is 1. The van der Waals surface area contributed by atoms with Gasteiger partial charge in [-0.1, -0.05) is 19.9 Å². The van der Waals surface area contributed by atoms with Crippen molar-refractivity contribution in [2.75, 3.05) is 37.7 Å². The average Bonchev–Trinajstić information content (AvgIpc) is 2.40. The summed E-state index contributed by atoms with van der Waals surface area (Å²) in [5.74, 6) is 1.69. The number of rotatable bonds is 5. The molecule has 0 radical (unpaired) electrons. The van der Waals surface area contributed by atoms with Crippen LogP contribution in [0.5, 0.6) is 5.75 Å². The lowest BCUT2D eigenvalue weighted by Crippen LogP contribution is -2.43. The van der Waals surface area contributed by atoms with Gasteiger partial charge in [0, 0.05) is 37.9 Å². The fourth-order valence-electron chi connectivity index (χ4n) is 2.11. The second-order valence-electron chi connectivity index (χ2n) is 5.27. The Morgan fingerprint density at radius 1 is 1.28 bits per heavy atom. The van der Waals surface area contributed by atoms with E-state index >= 15 is 0 Å². The van der Waals surface area contributed by atoms with E-state index in [0.29, 0.717) is 5.92 Å². The Bertz CT molecular complexity index is 359. The summed E-state index contributed by atoms with van der Waals surface area (Å²) in [5.41, 5.74) is 1.28. The van der Waals surface area contributed by atoms with E-state index in [-0.39, 0.29) is 0 Å². The molecule has 1 fully saturated rings. The first-order chi connectivity index (χ1) is 8.75. The number of hydrogen-bond donors (Lipinski definition) is 1. The van der Waals surface area contributed by atoms with Gasteiger partial charge in [-0.3, -0.25) is 0 Å². The van der Waals surface area contributed by atoms with Gasteiger partial charge in [0.05, 0.1) is 6.61 Å². The van der Waals surface area contributed by atoms with Gasteiger partial charge in [0.15, 0.2) is 0 Å². The lowest BCUT2D eigenvalue weighted by molar-refractivity contribution is 0.289. The van der Waals surface area contributed by atoms with Crippen LogP contribution < -0.4 is 15.0 Å². The Morgan fingerprint density at radius 2 is 2.06 bits per heavy atom. The number of piperazine rings is 1. The Hall–Kier alpha value is -1.22.